The van der Waals surface area contributed by atoms with Crippen molar-refractivity contribution in [3.63, 3.8) is 0 Å². The molecule has 1 rings (SSSR count). The SMILES string of the molecule is C=CCCCCCCCCCCCCCCCC(=O)O[C@H](COC(=O)CCCC/C=C/C/C=C/C/C=C/C/C=C/CC)COP(=O)(O)OC1C(O)C(O)C(O)[C@@H](O)C1O. The topological polar surface area (TPSA) is 210 Å². The number of hydrogen-bond acceptors (Lipinski definition) is 12. The van der Waals surface area contributed by atoms with E-state index in [0.29, 0.717) is 12.8 Å². The summed E-state index contributed by atoms with van der Waals surface area (Å²) in [7, 11) is -5.13. The molecule has 0 aliphatic heterocycles. The second-order valence-corrected chi connectivity index (χ2v) is 16.7. The standard InChI is InChI=1S/C45H77O13P/c1-3-5-7-9-11-13-15-17-19-21-23-25-27-29-31-33-38(46)55-35-37(36-56-59(53,54)58-45-43(51)41(49)40(48)42(50)44(45)52)57-39(47)34-32-30-28-26-24-22-20-18-16-14-12-10-8-6-4-2/h4-5,7,11,13,17,19,23,25,37,40-45,48-52H,2-3,6,8-10,12,14-16,18,20-22,24,26-36H2,1H3,(H,53,54)/b7-5+,13-11+,19-17+,25-23+/t37-,40?,41-,42?,43?,44?,45?/m1/s1. The van der Waals surface area contributed by atoms with Gasteiger partial charge in [-0.15, -0.1) is 6.58 Å². The molecule has 0 bridgehead atoms. The molecule has 0 aromatic heterocycles. The van der Waals surface area contributed by atoms with Crippen LogP contribution >= 0.6 is 7.82 Å². The molecule has 1 saturated carbocycles. The molecule has 14 heteroatoms. The van der Waals surface area contributed by atoms with E-state index in [1.165, 1.54) is 51.4 Å². The van der Waals surface area contributed by atoms with Gasteiger partial charge in [-0.1, -0.05) is 132 Å². The summed E-state index contributed by atoms with van der Waals surface area (Å²) >= 11 is 0. The van der Waals surface area contributed by atoms with Crippen LogP contribution in [0.3, 0.4) is 0 Å². The number of hydrogen-bond donors (Lipinski definition) is 6. The van der Waals surface area contributed by atoms with E-state index in [-0.39, 0.29) is 12.8 Å². The van der Waals surface area contributed by atoms with Crippen molar-refractivity contribution < 1.29 is 63.1 Å². The van der Waals surface area contributed by atoms with Crippen LogP contribution in [0.5, 0.6) is 0 Å². The highest BCUT2D eigenvalue weighted by Crippen LogP contribution is 2.47. The molecule has 0 aromatic rings. The number of ether oxygens (including phenoxy) is 2. The van der Waals surface area contributed by atoms with E-state index >= 15 is 0 Å². The molecule has 0 spiro atoms. The number of aliphatic hydroxyl groups excluding tert-OH is 5. The predicted molar refractivity (Wildman–Crippen MR) is 230 cm³/mol. The number of carbonyl (C=O) groups excluding carboxylic acids is 2. The van der Waals surface area contributed by atoms with Crippen LogP contribution in [0.1, 0.15) is 155 Å². The van der Waals surface area contributed by atoms with Gasteiger partial charge in [0.05, 0.1) is 6.61 Å². The van der Waals surface area contributed by atoms with Gasteiger partial charge in [-0.2, -0.15) is 0 Å². The van der Waals surface area contributed by atoms with Crippen LogP contribution in [0.4, 0.5) is 0 Å². The number of carbonyl (C=O) groups is 2. The highest BCUT2D eigenvalue weighted by molar-refractivity contribution is 7.47. The van der Waals surface area contributed by atoms with Gasteiger partial charge in [-0.3, -0.25) is 18.6 Å². The second-order valence-electron chi connectivity index (χ2n) is 15.3. The van der Waals surface area contributed by atoms with E-state index in [1.54, 1.807) is 0 Å². The maximum atomic E-state index is 12.8. The molecule has 0 amide bonds. The molecule has 0 heterocycles. The molecular weight excluding hydrogens is 779 g/mol. The van der Waals surface area contributed by atoms with Crippen LogP contribution in [0.25, 0.3) is 0 Å². The molecule has 59 heavy (non-hydrogen) atoms. The molecular formula is C45H77O13P. The maximum absolute atomic E-state index is 12.8. The lowest BCUT2D eigenvalue weighted by molar-refractivity contribution is -0.220. The van der Waals surface area contributed by atoms with Gasteiger partial charge < -0.3 is 39.9 Å². The third-order valence-corrected chi connectivity index (χ3v) is 11.0. The molecule has 0 radical (unpaired) electrons. The normalized spacial score (nSPS) is 22.7. The Labute approximate surface area is 353 Å². The number of rotatable bonds is 36. The van der Waals surface area contributed by atoms with E-state index in [0.717, 1.165) is 70.6 Å². The number of esters is 2. The summed E-state index contributed by atoms with van der Waals surface area (Å²) in [5, 5.41) is 50.1. The lowest BCUT2D eigenvalue weighted by atomic mass is 9.85. The van der Waals surface area contributed by atoms with Crippen molar-refractivity contribution >= 4 is 19.8 Å². The number of allylic oxidation sites excluding steroid dienone is 9. The van der Waals surface area contributed by atoms with Crippen LogP contribution < -0.4 is 0 Å². The third-order valence-electron chi connectivity index (χ3n) is 9.99. The van der Waals surface area contributed by atoms with E-state index in [4.69, 9.17) is 18.5 Å². The Bertz CT molecular complexity index is 1250. The Morgan fingerprint density at radius 2 is 1.00 bits per heavy atom. The van der Waals surface area contributed by atoms with Gasteiger partial charge in [0.2, 0.25) is 0 Å². The molecule has 6 unspecified atom stereocenters. The minimum atomic E-state index is -5.13. The van der Waals surface area contributed by atoms with E-state index < -0.39 is 75.7 Å². The lowest BCUT2D eigenvalue weighted by Gasteiger charge is -2.41. The van der Waals surface area contributed by atoms with E-state index in [1.807, 2.05) is 6.08 Å². The Morgan fingerprint density at radius 1 is 0.576 bits per heavy atom. The average Bonchev–Trinajstić information content (AvgIpc) is 3.21. The molecule has 6 N–H and O–H groups in total. The van der Waals surface area contributed by atoms with Crippen molar-refractivity contribution in [2.75, 3.05) is 13.2 Å². The van der Waals surface area contributed by atoms with Crippen LogP contribution in [-0.2, 0) is 32.7 Å². The number of phosphoric acid groups is 1. The van der Waals surface area contributed by atoms with Crippen molar-refractivity contribution in [3.8, 4) is 0 Å². The van der Waals surface area contributed by atoms with Gasteiger partial charge in [0, 0.05) is 12.8 Å². The van der Waals surface area contributed by atoms with Crippen molar-refractivity contribution in [2.45, 2.75) is 197 Å². The number of phosphoric ester groups is 1. The number of aliphatic hydroxyl groups is 5. The Balaban J connectivity index is 2.50. The van der Waals surface area contributed by atoms with Gasteiger partial charge in [0.1, 0.15) is 43.2 Å². The van der Waals surface area contributed by atoms with Gasteiger partial charge in [0.15, 0.2) is 6.10 Å². The Morgan fingerprint density at radius 3 is 1.53 bits per heavy atom. The smallest absolute Gasteiger partial charge is 0.462 e. The average molecular weight is 857 g/mol. The van der Waals surface area contributed by atoms with Crippen LogP contribution in [0.15, 0.2) is 61.3 Å². The maximum Gasteiger partial charge on any atom is 0.472 e. The summed E-state index contributed by atoms with van der Waals surface area (Å²) in [6.45, 7) is 4.66. The van der Waals surface area contributed by atoms with Crippen LogP contribution in [0.2, 0.25) is 0 Å². The second kappa shape index (κ2) is 35.2. The van der Waals surface area contributed by atoms with Crippen molar-refractivity contribution in [1.82, 2.24) is 0 Å². The molecule has 0 saturated heterocycles. The van der Waals surface area contributed by atoms with Gasteiger partial charge >= 0.3 is 19.8 Å². The first-order chi connectivity index (χ1) is 28.4. The van der Waals surface area contributed by atoms with Gasteiger partial charge in [0.25, 0.3) is 0 Å². The Kier molecular flexibility index (Phi) is 32.5. The fraction of sp³-hybridized carbons (Fsp3) is 0.733. The summed E-state index contributed by atoms with van der Waals surface area (Å²) in [5.74, 6) is -1.15. The van der Waals surface area contributed by atoms with E-state index in [2.05, 4.69) is 62.1 Å². The first-order valence-corrected chi connectivity index (χ1v) is 23.5. The molecule has 0 aromatic carbocycles. The quantitative estimate of drug-likeness (QED) is 0.0152. The van der Waals surface area contributed by atoms with Crippen LogP contribution in [-0.4, -0.2) is 98.3 Å². The molecule has 1 aliphatic carbocycles. The fourth-order valence-electron chi connectivity index (χ4n) is 6.43. The summed E-state index contributed by atoms with van der Waals surface area (Å²) < 4.78 is 33.4. The zero-order valence-corrected chi connectivity index (χ0v) is 36.5. The van der Waals surface area contributed by atoms with E-state index in [9.17, 15) is 44.6 Å². The molecule has 1 aliphatic rings. The highest BCUT2D eigenvalue weighted by atomic mass is 31.2. The zero-order chi connectivity index (χ0) is 43.6. The largest absolute Gasteiger partial charge is 0.472 e. The molecule has 8 atom stereocenters. The van der Waals surface area contributed by atoms with Crippen molar-refractivity contribution in [3.05, 3.63) is 61.3 Å². The van der Waals surface area contributed by atoms with Crippen LogP contribution in [0, 0.1) is 0 Å². The van der Waals surface area contributed by atoms with Crippen molar-refractivity contribution in [2.24, 2.45) is 0 Å². The van der Waals surface area contributed by atoms with Crippen molar-refractivity contribution in [1.29, 1.82) is 0 Å². The zero-order valence-electron chi connectivity index (χ0n) is 35.6. The first-order valence-electron chi connectivity index (χ1n) is 22.1. The summed E-state index contributed by atoms with van der Waals surface area (Å²) in [6.07, 6.45) is 27.5. The highest BCUT2D eigenvalue weighted by Gasteiger charge is 2.51. The minimum absolute atomic E-state index is 0.0837. The molecule has 13 nitrogen and oxygen atoms in total. The minimum Gasteiger partial charge on any atom is -0.462 e. The first kappa shape index (κ1) is 54.6. The molecule has 340 valence electrons. The van der Waals surface area contributed by atoms with Gasteiger partial charge in [-0.05, 0) is 64.2 Å². The molecule has 1 fully saturated rings. The Hall–Kier alpha value is -2.45. The lowest BCUT2D eigenvalue weighted by Crippen LogP contribution is -2.64. The van der Waals surface area contributed by atoms with Gasteiger partial charge in [-0.25, -0.2) is 4.57 Å². The fourth-order valence-corrected chi connectivity index (χ4v) is 7.41. The summed E-state index contributed by atoms with van der Waals surface area (Å²) in [4.78, 5) is 35.6. The summed E-state index contributed by atoms with van der Waals surface area (Å²) in [5.41, 5.74) is 0. The predicted octanol–water partition coefficient (Wildman–Crippen LogP) is 8.16. The number of unbranched alkanes of at least 4 members (excludes halogenated alkanes) is 15. The third kappa shape index (κ3) is 27.9. The monoisotopic (exact) mass is 857 g/mol. The summed E-state index contributed by atoms with van der Waals surface area (Å²) in [6, 6.07) is 0.